The number of nitrogens with one attached hydrogen (secondary N) is 1. The van der Waals surface area contributed by atoms with Crippen LogP contribution in [0.4, 0.5) is 5.69 Å². The van der Waals surface area contributed by atoms with Crippen LogP contribution in [0.15, 0.2) is 71.9 Å². The summed E-state index contributed by atoms with van der Waals surface area (Å²) in [6.45, 7) is 5.78. The van der Waals surface area contributed by atoms with E-state index in [-0.39, 0.29) is 11.7 Å². The average molecular weight is 430 g/mol. The fourth-order valence-corrected chi connectivity index (χ4v) is 4.02. The molecule has 0 spiro atoms. The number of para-hydroxylation sites is 1. The van der Waals surface area contributed by atoms with Gasteiger partial charge in [0.2, 0.25) is 5.91 Å². The van der Waals surface area contributed by atoms with Crippen molar-refractivity contribution in [1.82, 2.24) is 19.7 Å². The highest BCUT2D eigenvalue weighted by Crippen LogP contribution is 2.24. The van der Waals surface area contributed by atoms with Crippen LogP contribution in [0.3, 0.4) is 0 Å². The zero-order valence-corrected chi connectivity index (χ0v) is 18.5. The van der Waals surface area contributed by atoms with Crippen LogP contribution < -0.4 is 5.32 Å². The first-order chi connectivity index (χ1) is 15.0. The molecule has 0 bridgehead atoms. The van der Waals surface area contributed by atoms with Gasteiger partial charge in [0.1, 0.15) is 0 Å². The normalized spacial score (nSPS) is 10.8. The summed E-state index contributed by atoms with van der Waals surface area (Å²) in [4.78, 5) is 21.7. The molecule has 6 nitrogen and oxygen atoms in total. The van der Waals surface area contributed by atoms with E-state index in [1.165, 1.54) is 11.8 Å². The van der Waals surface area contributed by atoms with Crippen molar-refractivity contribution in [3.05, 3.63) is 83.8 Å². The zero-order chi connectivity index (χ0) is 21.8. The lowest BCUT2D eigenvalue weighted by Gasteiger charge is -2.08. The van der Waals surface area contributed by atoms with Crippen molar-refractivity contribution in [1.29, 1.82) is 0 Å². The molecule has 0 aliphatic rings. The van der Waals surface area contributed by atoms with Gasteiger partial charge >= 0.3 is 0 Å². The van der Waals surface area contributed by atoms with Crippen LogP contribution in [0.1, 0.15) is 17.1 Å². The standard InChI is InChI=1S/C24H23N5OS/c1-16-14-21(19-10-6-4-7-11-19)26-24(25-16)31-15-22(30)27-23-17(2)28-29(18(23)3)20-12-8-5-9-13-20/h4-14H,15H2,1-3H3,(H,27,30). The van der Waals surface area contributed by atoms with Crippen LogP contribution in [-0.4, -0.2) is 31.4 Å². The van der Waals surface area contributed by atoms with Crippen molar-refractivity contribution in [2.45, 2.75) is 25.9 Å². The molecule has 2 aromatic heterocycles. The number of hydrogen-bond acceptors (Lipinski definition) is 5. The first-order valence-electron chi connectivity index (χ1n) is 9.96. The Kier molecular flexibility index (Phi) is 6.13. The maximum Gasteiger partial charge on any atom is 0.234 e. The average Bonchev–Trinajstić information content (AvgIpc) is 3.07. The van der Waals surface area contributed by atoms with Gasteiger partial charge in [-0.15, -0.1) is 0 Å². The Bertz CT molecular complexity index is 1210. The second kappa shape index (κ2) is 9.14. The second-order valence-corrected chi connectivity index (χ2v) is 8.12. The highest BCUT2D eigenvalue weighted by molar-refractivity contribution is 7.99. The number of benzene rings is 2. The Labute approximate surface area is 185 Å². The number of carbonyl (C=O) groups is 1. The summed E-state index contributed by atoms with van der Waals surface area (Å²) in [6.07, 6.45) is 0. The number of amides is 1. The summed E-state index contributed by atoms with van der Waals surface area (Å²) < 4.78 is 1.84. The molecule has 156 valence electrons. The van der Waals surface area contributed by atoms with E-state index >= 15 is 0 Å². The lowest BCUT2D eigenvalue weighted by Crippen LogP contribution is -2.15. The van der Waals surface area contributed by atoms with Crippen molar-refractivity contribution in [3.8, 4) is 16.9 Å². The van der Waals surface area contributed by atoms with Crippen molar-refractivity contribution in [2.24, 2.45) is 0 Å². The highest BCUT2D eigenvalue weighted by Gasteiger charge is 2.16. The van der Waals surface area contributed by atoms with E-state index in [2.05, 4.69) is 20.4 Å². The smallest absolute Gasteiger partial charge is 0.234 e. The molecule has 0 saturated carbocycles. The SMILES string of the molecule is Cc1cc(-c2ccccc2)nc(SCC(=O)Nc2c(C)nn(-c3ccccc3)c2C)n1. The molecular formula is C24H23N5OS. The Morgan fingerprint density at radius 2 is 1.65 bits per heavy atom. The van der Waals surface area contributed by atoms with E-state index in [1.54, 1.807) is 0 Å². The van der Waals surface area contributed by atoms with E-state index in [4.69, 9.17) is 0 Å². The molecule has 0 aliphatic carbocycles. The van der Waals surface area contributed by atoms with Crippen LogP contribution in [0.5, 0.6) is 0 Å². The molecule has 31 heavy (non-hydrogen) atoms. The lowest BCUT2D eigenvalue weighted by molar-refractivity contribution is -0.113. The monoisotopic (exact) mass is 429 g/mol. The summed E-state index contributed by atoms with van der Waals surface area (Å²) in [5.41, 5.74) is 6.11. The number of carbonyl (C=O) groups excluding carboxylic acids is 1. The Morgan fingerprint density at radius 1 is 0.968 bits per heavy atom. The largest absolute Gasteiger partial charge is 0.322 e. The molecule has 0 aliphatic heterocycles. The summed E-state index contributed by atoms with van der Waals surface area (Å²) in [5, 5.41) is 8.17. The second-order valence-electron chi connectivity index (χ2n) is 7.17. The number of nitrogens with zero attached hydrogens (tertiary/aromatic N) is 4. The fraction of sp³-hybridized carbons (Fsp3) is 0.167. The molecule has 0 unspecified atom stereocenters. The predicted molar refractivity (Wildman–Crippen MR) is 125 cm³/mol. The molecule has 2 heterocycles. The number of hydrogen-bond donors (Lipinski definition) is 1. The highest BCUT2D eigenvalue weighted by atomic mass is 32.2. The van der Waals surface area contributed by atoms with E-state index < -0.39 is 0 Å². The molecule has 7 heteroatoms. The lowest BCUT2D eigenvalue weighted by atomic mass is 10.1. The topological polar surface area (TPSA) is 72.7 Å². The quantitative estimate of drug-likeness (QED) is 0.345. The third-order valence-electron chi connectivity index (χ3n) is 4.79. The number of rotatable bonds is 6. The first-order valence-corrected chi connectivity index (χ1v) is 11.0. The molecule has 0 fully saturated rings. The molecule has 0 saturated heterocycles. The van der Waals surface area contributed by atoms with Gasteiger partial charge in [0, 0.05) is 11.3 Å². The third-order valence-corrected chi connectivity index (χ3v) is 5.64. The van der Waals surface area contributed by atoms with Crippen LogP contribution in [0.2, 0.25) is 0 Å². The first kappa shape index (κ1) is 20.8. The minimum absolute atomic E-state index is 0.116. The molecule has 0 atom stereocenters. The Balaban J connectivity index is 1.46. The molecular weight excluding hydrogens is 406 g/mol. The molecule has 1 amide bonds. The zero-order valence-electron chi connectivity index (χ0n) is 17.7. The van der Waals surface area contributed by atoms with Gasteiger partial charge in [0.25, 0.3) is 0 Å². The number of aryl methyl sites for hydroxylation is 2. The van der Waals surface area contributed by atoms with Crippen LogP contribution in [0.25, 0.3) is 16.9 Å². The Hall–Kier alpha value is -3.45. The van der Waals surface area contributed by atoms with E-state index in [0.717, 1.165) is 39.7 Å². The summed E-state index contributed by atoms with van der Waals surface area (Å²) in [7, 11) is 0. The molecule has 2 aromatic carbocycles. The van der Waals surface area contributed by atoms with E-state index in [1.807, 2.05) is 92.2 Å². The van der Waals surface area contributed by atoms with Crippen molar-refractivity contribution < 1.29 is 4.79 Å². The maximum atomic E-state index is 12.7. The number of thioether (sulfide) groups is 1. The minimum Gasteiger partial charge on any atom is -0.322 e. The maximum absolute atomic E-state index is 12.7. The van der Waals surface area contributed by atoms with E-state index in [0.29, 0.717) is 5.16 Å². The van der Waals surface area contributed by atoms with Crippen LogP contribution in [-0.2, 0) is 4.79 Å². The van der Waals surface area contributed by atoms with Crippen molar-refractivity contribution in [3.63, 3.8) is 0 Å². The van der Waals surface area contributed by atoms with Gasteiger partial charge in [-0.1, -0.05) is 60.3 Å². The summed E-state index contributed by atoms with van der Waals surface area (Å²) in [5.74, 6) is 0.0998. The minimum atomic E-state index is -0.116. The van der Waals surface area contributed by atoms with Gasteiger partial charge in [-0.2, -0.15) is 5.10 Å². The van der Waals surface area contributed by atoms with E-state index in [9.17, 15) is 4.79 Å². The molecule has 0 radical (unpaired) electrons. The van der Waals surface area contributed by atoms with Crippen LogP contribution in [0, 0.1) is 20.8 Å². The van der Waals surface area contributed by atoms with Crippen molar-refractivity contribution in [2.75, 3.05) is 11.1 Å². The molecule has 1 N–H and O–H groups in total. The molecule has 4 aromatic rings. The third kappa shape index (κ3) is 4.83. The van der Waals surface area contributed by atoms with Crippen LogP contribution >= 0.6 is 11.8 Å². The summed E-state index contributed by atoms with van der Waals surface area (Å²) >= 11 is 1.32. The number of aromatic nitrogens is 4. The number of anilines is 1. The summed E-state index contributed by atoms with van der Waals surface area (Å²) in [6, 6.07) is 21.8. The predicted octanol–water partition coefficient (Wildman–Crippen LogP) is 4.99. The van der Waals surface area contributed by atoms with Gasteiger partial charge < -0.3 is 5.32 Å². The van der Waals surface area contributed by atoms with Gasteiger partial charge in [-0.05, 0) is 39.0 Å². The van der Waals surface area contributed by atoms with Gasteiger partial charge in [-0.25, -0.2) is 14.6 Å². The molecule has 4 rings (SSSR count). The Morgan fingerprint density at radius 3 is 2.35 bits per heavy atom. The fourth-order valence-electron chi connectivity index (χ4n) is 3.31. The van der Waals surface area contributed by atoms with Gasteiger partial charge in [-0.3, -0.25) is 4.79 Å². The van der Waals surface area contributed by atoms with Crippen molar-refractivity contribution >= 4 is 23.4 Å². The van der Waals surface area contributed by atoms with Gasteiger partial charge in [0.15, 0.2) is 5.16 Å². The van der Waals surface area contributed by atoms with Gasteiger partial charge in [0.05, 0.1) is 34.2 Å².